The molecule has 1 atom stereocenters. The van der Waals surface area contributed by atoms with E-state index in [-0.39, 0.29) is 6.23 Å². The predicted octanol–water partition coefficient (Wildman–Crippen LogP) is -0.0699. The fraction of sp³-hybridized carbons (Fsp3) is 0.667. The Labute approximate surface area is 83.2 Å². The Morgan fingerprint density at radius 2 is 2.64 bits per heavy atom. The summed E-state index contributed by atoms with van der Waals surface area (Å²) in [5, 5.41) is 7.39. The molecule has 14 heavy (non-hydrogen) atoms. The van der Waals surface area contributed by atoms with Gasteiger partial charge in [-0.15, -0.1) is 0 Å². The van der Waals surface area contributed by atoms with E-state index in [1.165, 1.54) is 6.42 Å². The van der Waals surface area contributed by atoms with Crippen LogP contribution >= 0.6 is 0 Å². The van der Waals surface area contributed by atoms with Gasteiger partial charge in [0.15, 0.2) is 5.75 Å². The SMILES string of the molecule is NCCn1cc(OC2CCCN2)cn1. The first kappa shape index (κ1) is 9.48. The third-order valence-corrected chi connectivity index (χ3v) is 2.26. The summed E-state index contributed by atoms with van der Waals surface area (Å²) in [5.41, 5.74) is 5.42. The van der Waals surface area contributed by atoms with E-state index in [9.17, 15) is 0 Å². The van der Waals surface area contributed by atoms with E-state index in [1.54, 1.807) is 10.9 Å². The van der Waals surface area contributed by atoms with Gasteiger partial charge in [0, 0.05) is 6.54 Å². The third kappa shape index (κ3) is 2.24. The van der Waals surface area contributed by atoms with Gasteiger partial charge < -0.3 is 10.5 Å². The lowest BCUT2D eigenvalue weighted by Gasteiger charge is -2.10. The van der Waals surface area contributed by atoms with Crippen LogP contribution in [0.5, 0.6) is 5.75 Å². The molecule has 1 unspecified atom stereocenters. The minimum absolute atomic E-state index is 0.158. The fourth-order valence-corrected chi connectivity index (χ4v) is 1.58. The molecule has 1 aromatic rings. The van der Waals surface area contributed by atoms with Crippen molar-refractivity contribution in [3.05, 3.63) is 12.4 Å². The van der Waals surface area contributed by atoms with E-state index < -0.39 is 0 Å². The van der Waals surface area contributed by atoms with Crippen molar-refractivity contribution in [1.82, 2.24) is 15.1 Å². The van der Waals surface area contributed by atoms with Crippen molar-refractivity contribution in [2.45, 2.75) is 25.6 Å². The summed E-state index contributed by atoms with van der Waals surface area (Å²) in [7, 11) is 0. The minimum Gasteiger partial charge on any atom is -0.472 e. The molecular formula is C9H16N4O. The van der Waals surface area contributed by atoms with Gasteiger partial charge in [0.05, 0.1) is 18.9 Å². The highest BCUT2D eigenvalue weighted by molar-refractivity contribution is 5.12. The van der Waals surface area contributed by atoms with Gasteiger partial charge in [-0.2, -0.15) is 5.10 Å². The van der Waals surface area contributed by atoms with Crippen molar-refractivity contribution < 1.29 is 4.74 Å². The Balaban J connectivity index is 1.88. The maximum absolute atomic E-state index is 5.67. The number of nitrogens with two attached hydrogens (primary N) is 1. The van der Waals surface area contributed by atoms with Gasteiger partial charge in [-0.1, -0.05) is 0 Å². The van der Waals surface area contributed by atoms with Crippen LogP contribution in [0.15, 0.2) is 12.4 Å². The molecule has 1 aliphatic heterocycles. The monoisotopic (exact) mass is 196 g/mol. The zero-order valence-corrected chi connectivity index (χ0v) is 8.15. The second-order valence-corrected chi connectivity index (χ2v) is 3.43. The van der Waals surface area contributed by atoms with Crippen molar-refractivity contribution in [3.8, 4) is 5.75 Å². The van der Waals surface area contributed by atoms with Crippen molar-refractivity contribution in [2.24, 2.45) is 5.73 Å². The maximum Gasteiger partial charge on any atom is 0.159 e. The third-order valence-electron chi connectivity index (χ3n) is 2.26. The lowest BCUT2D eigenvalue weighted by Crippen LogP contribution is -2.27. The van der Waals surface area contributed by atoms with Gasteiger partial charge in [0.1, 0.15) is 6.23 Å². The van der Waals surface area contributed by atoms with Gasteiger partial charge in [-0.3, -0.25) is 10.00 Å². The quantitative estimate of drug-likeness (QED) is 0.707. The van der Waals surface area contributed by atoms with Crippen molar-refractivity contribution in [3.63, 3.8) is 0 Å². The number of hydrogen-bond donors (Lipinski definition) is 2. The Morgan fingerprint density at radius 3 is 3.36 bits per heavy atom. The lowest BCUT2D eigenvalue weighted by molar-refractivity contribution is 0.187. The van der Waals surface area contributed by atoms with Gasteiger partial charge in [0.25, 0.3) is 0 Å². The molecule has 1 fully saturated rings. The van der Waals surface area contributed by atoms with Crippen LogP contribution in [-0.4, -0.2) is 29.1 Å². The predicted molar refractivity (Wildman–Crippen MR) is 52.9 cm³/mol. The zero-order chi connectivity index (χ0) is 9.80. The normalized spacial score (nSPS) is 21.4. The highest BCUT2D eigenvalue weighted by Crippen LogP contribution is 2.14. The average Bonchev–Trinajstić information content (AvgIpc) is 2.79. The summed E-state index contributed by atoms with van der Waals surface area (Å²) >= 11 is 0. The molecule has 3 N–H and O–H groups in total. The Kier molecular flexibility index (Phi) is 3.00. The van der Waals surface area contributed by atoms with E-state index in [2.05, 4.69) is 10.4 Å². The van der Waals surface area contributed by atoms with Crippen molar-refractivity contribution >= 4 is 0 Å². The molecule has 5 heteroatoms. The second-order valence-electron chi connectivity index (χ2n) is 3.43. The maximum atomic E-state index is 5.67. The molecule has 0 aliphatic carbocycles. The summed E-state index contributed by atoms with van der Waals surface area (Å²) in [6.07, 6.45) is 6.03. The fourth-order valence-electron chi connectivity index (χ4n) is 1.58. The molecule has 0 bridgehead atoms. The standard InChI is InChI=1S/C9H16N4O/c10-3-5-13-7-8(6-12-13)14-9-2-1-4-11-9/h6-7,9,11H,1-5,10H2. The highest BCUT2D eigenvalue weighted by atomic mass is 16.5. The minimum atomic E-state index is 0.158. The molecular weight excluding hydrogens is 180 g/mol. The molecule has 5 nitrogen and oxygen atoms in total. The first-order valence-electron chi connectivity index (χ1n) is 5.01. The first-order chi connectivity index (χ1) is 6.88. The van der Waals surface area contributed by atoms with E-state index in [0.717, 1.165) is 25.3 Å². The largest absolute Gasteiger partial charge is 0.472 e. The highest BCUT2D eigenvalue weighted by Gasteiger charge is 2.15. The van der Waals surface area contributed by atoms with Crippen LogP contribution in [0.4, 0.5) is 0 Å². The molecule has 0 radical (unpaired) electrons. The van der Waals surface area contributed by atoms with Crippen LogP contribution in [0.1, 0.15) is 12.8 Å². The van der Waals surface area contributed by atoms with Gasteiger partial charge in [0.2, 0.25) is 0 Å². The molecule has 0 amide bonds. The van der Waals surface area contributed by atoms with Gasteiger partial charge in [-0.25, -0.2) is 0 Å². The summed E-state index contributed by atoms with van der Waals surface area (Å²) in [6, 6.07) is 0. The van der Waals surface area contributed by atoms with Crippen LogP contribution in [-0.2, 0) is 6.54 Å². The molecule has 2 rings (SSSR count). The van der Waals surface area contributed by atoms with Gasteiger partial charge >= 0.3 is 0 Å². The van der Waals surface area contributed by atoms with Crippen molar-refractivity contribution in [2.75, 3.05) is 13.1 Å². The number of ether oxygens (including phenoxy) is 1. The topological polar surface area (TPSA) is 65.1 Å². The molecule has 1 aromatic heterocycles. The van der Waals surface area contributed by atoms with Crippen LogP contribution in [0.3, 0.4) is 0 Å². The van der Waals surface area contributed by atoms with Crippen LogP contribution in [0.25, 0.3) is 0 Å². The van der Waals surface area contributed by atoms with Crippen molar-refractivity contribution in [1.29, 1.82) is 0 Å². The lowest BCUT2D eigenvalue weighted by atomic mass is 10.4. The molecule has 78 valence electrons. The summed E-state index contributed by atoms with van der Waals surface area (Å²) in [4.78, 5) is 0. The summed E-state index contributed by atoms with van der Waals surface area (Å²) in [5.74, 6) is 0.817. The van der Waals surface area contributed by atoms with Crippen LogP contribution in [0.2, 0.25) is 0 Å². The molecule has 1 aliphatic rings. The van der Waals surface area contributed by atoms with Gasteiger partial charge in [-0.05, 0) is 19.4 Å². The van der Waals surface area contributed by atoms with E-state index in [0.29, 0.717) is 6.54 Å². The Bertz CT molecular complexity index is 280. The van der Waals surface area contributed by atoms with Crippen LogP contribution < -0.4 is 15.8 Å². The molecule has 2 heterocycles. The summed E-state index contributed by atoms with van der Waals surface area (Å²) < 4.78 is 7.46. The number of rotatable bonds is 4. The Hall–Kier alpha value is -1.07. The molecule has 0 aromatic carbocycles. The van der Waals surface area contributed by atoms with E-state index in [4.69, 9.17) is 10.5 Å². The van der Waals surface area contributed by atoms with E-state index >= 15 is 0 Å². The molecule has 0 spiro atoms. The van der Waals surface area contributed by atoms with Crippen LogP contribution in [0, 0.1) is 0 Å². The molecule has 1 saturated heterocycles. The Morgan fingerprint density at radius 1 is 1.71 bits per heavy atom. The smallest absolute Gasteiger partial charge is 0.159 e. The second kappa shape index (κ2) is 4.43. The first-order valence-corrected chi connectivity index (χ1v) is 5.01. The zero-order valence-electron chi connectivity index (χ0n) is 8.15. The molecule has 0 saturated carbocycles. The number of nitrogens with one attached hydrogen (secondary N) is 1. The number of aromatic nitrogens is 2. The number of nitrogens with zero attached hydrogens (tertiary/aromatic N) is 2. The average molecular weight is 196 g/mol. The van der Waals surface area contributed by atoms with E-state index in [1.807, 2.05) is 6.20 Å². The summed E-state index contributed by atoms with van der Waals surface area (Å²) in [6.45, 7) is 2.38. The number of hydrogen-bond acceptors (Lipinski definition) is 4.